The summed E-state index contributed by atoms with van der Waals surface area (Å²) in [5, 5.41) is 6.69. The van der Waals surface area contributed by atoms with Crippen LogP contribution in [0.3, 0.4) is 0 Å². The summed E-state index contributed by atoms with van der Waals surface area (Å²) in [4.78, 5) is 18.6. The first kappa shape index (κ1) is 17.2. The van der Waals surface area contributed by atoms with Crippen molar-refractivity contribution in [2.45, 2.75) is 71.2 Å². The van der Waals surface area contributed by atoms with Gasteiger partial charge in [-0.1, -0.05) is 0 Å². The third-order valence-corrected chi connectivity index (χ3v) is 4.86. The quantitative estimate of drug-likeness (QED) is 0.923. The maximum atomic E-state index is 12.3. The molecule has 0 saturated carbocycles. The second kappa shape index (κ2) is 6.96. The summed E-state index contributed by atoms with van der Waals surface area (Å²) in [5.74, 6) is 0. The fraction of sp³-hybridized carbons (Fsp3) is 0.750. The lowest BCUT2D eigenvalue weighted by Gasteiger charge is -2.41. The Bertz CT molecular complexity index is 484. The summed E-state index contributed by atoms with van der Waals surface area (Å²) in [6.07, 6.45) is 3.67. The van der Waals surface area contributed by atoms with Crippen molar-refractivity contribution < 1.29 is 9.53 Å². The molecule has 0 radical (unpaired) electrons. The van der Waals surface area contributed by atoms with Gasteiger partial charge in [0.1, 0.15) is 10.6 Å². The molecule has 2 heterocycles. The molecular formula is C16H27N3O2S. The highest BCUT2D eigenvalue weighted by molar-refractivity contribution is 7.09. The van der Waals surface area contributed by atoms with Crippen molar-refractivity contribution in [3.05, 3.63) is 16.6 Å². The Morgan fingerprint density at radius 3 is 2.86 bits per heavy atom. The summed E-state index contributed by atoms with van der Waals surface area (Å²) in [5.41, 5.74) is -0.453. The molecule has 1 aliphatic rings. The highest BCUT2D eigenvalue weighted by Gasteiger charge is 2.34. The van der Waals surface area contributed by atoms with E-state index in [2.05, 4.69) is 24.1 Å². The van der Waals surface area contributed by atoms with Crippen LogP contribution in [0.25, 0.3) is 0 Å². The van der Waals surface area contributed by atoms with Gasteiger partial charge in [0.25, 0.3) is 0 Å². The van der Waals surface area contributed by atoms with Crippen LogP contribution in [0.2, 0.25) is 0 Å². The number of carbonyl (C=O) groups excluding carboxylic acids is 1. The lowest BCUT2D eigenvalue weighted by Crippen LogP contribution is -2.55. The van der Waals surface area contributed by atoms with Gasteiger partial charge in [0.05, 0.1) is 6.04 Å². The van der Waals surface area contributed by atoms with Crippen molar-refractivity contribution in [1.82, 2.24) is 15.2 Å². The maximum Gasteiger partial charge on any atom is 0.410 e. The molecule has 0 bridgehead atoms. The van der Waals surface area contributed by atoms with Gasteiger partial charge in [-0.05, 0) is 47.5 Å². The molecule has 6 heteroatoms. The SMILES string of the molecule is CC(NC1CCCN(C(=O)OC(C)(C)C)C1C)c1nccs1. The predicted molar refractivity (Wildman–Crippen MR) is 89.1 cm³/mol. The topological polar surface area (TPSA) is 54.5 Å². The molecule has 5 nitrogen and oxygen atoms in total. The fourth-order valence-corrected chi connectivity index (χ4v) is 3.44. The number of aromatic nitrogens is 1. The van der Waals surface area contributed by atoms with Crippen LogP contribution in [0, 0.1) is 0 Å². The molecule has 1 aromatic heterocycles. The van der Waals surface area contributed by atoms with Crippen molar-refractivity contribution in [2.24, 2.45) is 0 Å². The Kier molecular flexibility index (Phi) is 5.45. The number of hydrogen-bond acceptors (Lipinski definition) is 5. The maximum absolute atomic E-state index is 12.3. The smallest absolute Gasteiger partial charge is 0.410 e. The summed E-state index contributed by atoms with van der Waals surface area (Å²) in [7, 11) is 0. The minimum Gasteiger partial charge on any atom is -0.444 e. The van der Waals surface area contributed by atoms with Gasteiger partial charge in [0, 0.05) is 30.2 Å². The number of ether oxygens (including phenoxy) is 1. The number of rotatable bonds is 3. The zero-order chi connectivity index (χ0) is 16.3. The summed E-state index contributed by atoms with van der Waals surface area (Å²) >= 11 is 1.66. The standard InChI is InChI=1S/C16H27N3O2S/c1-11(14-17-8-10-22-14)18-13-7-6-9-19(12(13)2)15(20)21-16(3,4)5/h8,10-13,18H,6-7,9H2,1-5H3. The number of nitrogens with one attached hydrogen (secondary N) is 1. The van der Waals surface area contributed by atoms with Gasteiger partial charge in [-0.3, -0.25) is 0 Å². The molecule has 22 heavy (non-hydrogen) atoms. The number of thiazole rings is 1. The van der Waals surface area contributed by atoms with E-state index < -0.39 is 5.60 Å². The number of amides is 1. The Hall–Kier alpha value is -1.14. The van der Waals surface area contributed by atoms with Crippen molar-refractivity contribution in [3.8, 4) is 0 Å². The van der Waals surface area contributed by atoms with Gasteiger partial charge in [-0.2, -0.15) is 0 Å². The van der Waals surface area contributed by atoms with Crippen LogP contribution in [-0.2, 0) is 4.74 Å². The minimum absolute atomic E-state index is 0.117. The van der Waals surface area contributed by atoms with E-state index in [1.54, 1.807) is 11.3 Å². The number of likely N-dealkylation sites (tertiary alicyclic amines) is 1. The third kappa shape index (κ3) is 4.43. The summed E-state index contributed by atoms with van der Waals surface area (Å²) in [6, 6.07) is 0.581. The van der Waals surface area contributed by atoms with Crippen molar-refractivity contribution in [3.63, 3.8) is 0 Å². The summed E-state index contributed by atoms with van der Waals surface area (Å²) in [6.45, 7) is 10.7. The highest BCUT2D eigenvalue weighted by Crippen LogP contribution is 2.24. The highest BCUT2D eigenvalue weighted by atomic mass is 32.1. The molecule has 1 N–H and O–H groups in total. The molecule has 2 rings (SSSR count). The van der Waals surface area contributed by atoms with Crippen LogP contribution in [0.4, 0.5) is 4.79 Å². The average Bonchev–Trinajstić information content (AvgIpc) is 2.93. The molecule has 1 amide bonds. The summed E-state index contributed by atoms with van der Waals surface area (Å²) < 4.78 is 5.52. The fourth-order valence-electron chi connectivity index (χ4n) is 2.79. The molecule has 0 aromatic carbocycles. The number of hydrogen-bond donors (Lipinski definition) is 1. The van der Waals surface area contributed by atoms with Crippen LogP contribution in [0.15, 0.2) is 11.6 Å². The van der Waals surface area contributed by atoms with Gasteiger partial charge in [-0.15, -0.1) is 11.3 Å². The minimum atomic E-state index is -0.453. The van der Waals surface area contributed by atoms with E-state index in [4.69, 9.17) is 4.74 Å². The monoisotopic (exact) mass is 325 g/mol. The zero-order valence-electron chi connectivity index (χ0n) is 14.1. The molecular weight excluding hydrogens is 298 g/mol. The second-order valence-corrected chi connectivity index (χ2v) is 7.85. The van der Waals surface area contributed by atoms with E-state index in [-0.39, 0.29) is 24.2 Å². The molecule has 1 aromatic rings. The van der Waals surface area contributed by atoms with E-state index in [9.17, 15) is 4.79 Å². The first-order chi connectivity index (χ1) is 10.3. The number of carbonyl (C=O) groups is 1. The molecule has 0 aliphatic carbocycles. The van der Waals surface area contributed by atoms with Gasteiger partial charge >= 0.3 is 6.09 Å². The third-order valence-electron chi connectivity index (χ3n) is 3.90. The Labute approximate surface area is 137 Å². The van der Waals surface area contributed by atoms with Gasteiger partial charge in [-0.25, -0.2) is 9.78 Å². The Morgan fingerprint density at radius 1 is 1.55 bits per heavy atom. The van der Waals surface area contributed by atoms with Crippen LogP contribution < -0.4 is 5.32 Å². The predicted octanol–water partition coefficient (Wildman–Crippen LogP) is 3.58. The molecule has 3 atom stereocenters. The van der Waals surface area contributed by atoms with E-state index in [0.29, 0.717) is 0 Å². The largest absolute Gasteiger partial charge is 0.444 e. The lowest BCUT2D eigenvalue weighted by atomic mass is 9.97. The molecule has 1 saturated heterocycles. The number of piperidine rings is 1. The molecule has 1 aliphatic heterocycles. The van der Waals surface area contributed by atoms with Crippen molar-refractivity contribution in [2.75, 3.05) is 6.54 Å². The van der Waals surface area contributed by atoms with Crippen molar-refractivity contribution in [1.29, 1.82) is 0 Å². The van der Waals surface area contributed by atoms with E-state index >= 15 is 0 Å². The first-order valence-electron chi connectivity index (χ1n) is 7.93. The van der Waals surface area contributed by atoms with Crippen LogP contribution in [0.1, 0.15) is 58.5 Å². The van der Waals surface area contributed by atoms with Gasteiger partial charge in [0.2, 0.25) is 0 Å². The van der Waals surface area contributed by atoms with Crippen LogP contribution in [-0.4, -0.2) is 40.2 Å². The lowest BCUT2D eigenvalue weighted by molar-refractivity contribution is 0.00643. The normalized spacial score (nSPS) is 24.1. The Balaban J connectivity index is 1.97. The van der Waals surface area contributed by atoms with E-state index in [1.807, 2.05) is 37.2 Å². The van der Waals surface area contributed by atoms with Gasteiger partial charge < -0.3 is 15.0 Å². The van der Waals surface area contributed by atoms with Gasteiger partial charge in [0.15, 0.2) is 0 Å². The average molecular weight is 325 g/mol. The first-order valence-corrected chi connectivity index (χ1v) is 8.81. The molecule has 1 fully saturated rings. The van der Waals surface area contributed by atoms with E-state index in [0.717, 1.165) is 24.4 Å². The molecule has 124 valence electrons. The molecule has 3 unspecified atom stereocenters. The van der Waals surface area contributed by atoms with Crippen LogP contribution in [0.5, 0.6) is 0 Å². The van der Waals surface area contributed by atoms with Crippen molar-refractivity contribution >= 4 is 17.4 Å². The zero-order valence-corrected chi connectivity index (χ0v) is 14.9. The number of nitrogens with zero attached hydrogens (tertiary/aromatic N) is 2. The van der Waals surface area contributed by atoms with E-state index in [1.165, 1.54) is 0 Å². The van der Waals surface area contributed by atoms with Crippen LogP contribution >= 0.6 is 11.3 Å². The molecule has 0 spiro atoms. The second-order valence-electron chi connectivity index (χ2n) is 6.92. The Morgan fingerprint density at radius 2 is 2.27 bits per heavy atom.